The molecule has 0 spiro atoms. The van der Waals surface area contributed by atoms with E-state index in [1.807, 2.05) is 36.4 Å². The molecule has 4 nitrogen and oxygen atoms in total. The van der Waals surface area contributed by atoms with Crippen LogP contribution in [0.1, 0.15) is 22.4 Å². The Labute approximate surface area is 150 Å². The molecule has 4 aromatic rings. The van der Waals surface area contributed by atoms with Crippen LogP contribution < -0.4 is 5.32 Å². The molecule has 2 aromatic carbocycles. The zero-order chi connectivity index (χ0) is 16.9. The summed E-state index contributed by atoms with van der Waals surface area (Å²) in [5.74, 6) is 1.20. The highest BCUT2D eigenvalue weighted by atomic mass is 32.1. The molecular formula is C20H17N3OS. The molecule has 0 aliphatic rings. The van der Waals surface area contributed by atoms with E-state index >= 15 is 0 Å². The van der Waals surface area contributed by atoms with Gasteiger partial charge in [-0.05, 0) is 17.0 Å². The Balaban J connectivity index is 1.51. The van der Waals surface area contributed by atoms with Crippen molar-refractivity contribution in [3.05, 3.63) is 94.5 Å². The highest BCUT2D eigenvalue weighted by Crippen LogP contribution is 2.26. The van der Waals surface area contributed by atoms with Crippen LogP contribution in [0.5, 0.6) is 0 Å². The quantitative estimate of drug-likeness (QED) is 0.550. The maximum absolute atomic E-state index is 5.40. The summed E-state index contributed by atoms with van der Waals surface area (Å²) in [7, 11) is 0. The normalized spacial score (nSPS) is 12.2. The van der Waals surface area contributed by atoms with Crippen molar-refractivity contribution >= 4 is 11.3 Å². The van der Waals surface area contributed by atoms with Crippen LogP contribution in [0.15, 0.2) is 82.7 Å². The standard InChI is InChI=1S/C20H17N3OS/c1-3-8-15(9-4-1)19(17-12-7-13-25-17)21-14-18-22-20(23-24-18)16-10-5-2-6-11-16/h1-13,19,21H,14H2/t19-/m1/s1. The highest BCUT2D eigenvalue weighted by Gasteiger charge is 2.16. The molecule has 0 unspecified atom stereocenters. The fourth-order valence-electron chi connectivity index (χ4n) is 2.70. The second kappa shape index (κ2) is 7.42. The van der Waals surface area contributed by atoms with Gasteiger partial charge in [0.1, 0.15) is 0 Å². The van der Waals surface area contributed by atoms with E-state index in [1.54, 1.807) is 11.3 Å². The van der Waals surface area contributed by atoms with Crippen molar-refractivity contribution in [1.82, 2.24) is 15.5 Å². The molecule has 1 atom stereocenters. The molecule has 0 aliphatic carbocycles. The second-order valence-corrected chi connectivity index (χ2v) is 6.60. The Morgan fingerprint density at radius 1 is 0.920 bits per heavy atom. The van der Waals surface area contributed by atoms with Crippen molar-refractivity contribution in [3.63, 3.8) is 0 Å². The Morgan fingerprint density at radius 2 is 1.68 bits per heavy atom. The van der Waals surface area contributed by atoms with Gasteiger partial charge in [-0.1, -0.05) is 71.9 Å². The van der Waals surface area contributed by atoms with Gasteiger partial charge in [-0.3, -0.25) is 5.32 Å². The Kier molecular flexibility index (Phi) is 4.68. The van der Waals surface area contributed by atoms with Crippen molar-refractivity contribution in [2.24, 2.45) is 0 Å². The molecule has 25 heavy (non-hydrogen) atoms. The summed E-state index contributed by atoms with van der Waals surface area (Å²) in [5, 5.41) is 9.70. The molecule has 1 N–H and O–H groups in total. The number of rotatable bonds is 6. The average molecular weight is 347 g/mol. The van der Waals surface area contributed by atoms with Crippen LogP contribution in [-0.4, -0.2) is 10.1 Å². The van der Waals surface area contributed by atoms with Crippen molar-refractivity contribution in [3.8, 4) is 11.4 Å². The molecule has 0 saturated heterocycles. The predicted molar refractivity (Wildman–Crippen MR) is 99.2 cm³/mol. The molecule has 4 rings (SSSR count). The zero-order valence-corrected chi connectivity index (χ0v) is 14.3. The Morgan fingerprint density at radius 3 is 2.40 bits per heavy atom. The first-order valence-corrected chi connectivity index (χ1v) is 8.98. The fourth-order valence-corrected chi connectivity index (χ4v) is 3.53. The Bertz CT molecular complexity index is 905. The van der Waals surface area contributed by atoms with Crippen molar-refractivity contribution < 1.29 is 4.52 Å². The van der Waals surface area contributed by atoms with Gasteiger partial charge in [0, 0.05) is 10.4 Å². The van der Waals surface area contributed by atoms with Crippen molar-refractivity contribution in [1.29, 1.82) is 0 Å². The summed E-state index contributed by atoms with van der Waals surface area (Å²) in [6, 6.07) is 24.5. The van der Waals surface area contributed by atoms with Crippen LogP contribution >= 0.6 is 11.3 Å². The van der Waals surface area contributed by atoms with Crippen molar-refractivity contribution in [2.75, 3.05) is 0 Å². The van der Waals surface area contributed by atoms with E-state index in [-0.39, 0.29) is 6.04 Å². The van der Waals surface area contributed by atoms with Crippen LogP contribution in [0.25, 0.3) is 11.4 Å². The summed E-state index contributed by atoms with van der Waals surface area (Å²) in [4.78, 5) is 5.75. The van der Waals surface area contributed by atoms with Gasteiger partial charge in [0.15, 0.2) is 0 Å². The molecule has 0 aliphatic heterocycles. The molecule has 0 amide bonds. The molecular weight excluding hydrogens is 330 g/mol. The van der Waals surface area contributed by atoms with Gasteiger partial charge in [0.25, 0.3) is 0 Å². The summed E-state index contributed by atoms with van der Waals surface area (Å²) in [6.07, 6.45) is 0. The lowest BCUT2D eigenvalue weighted by Gasteiger charge is -2.16. The van der Waals surface area contributed by atoms with Gasteiger partial charge in [0.05, 0.1) is 12.6 Å². The molecule has 0 radical (unpaired) electrons. The lowest BCUT2D eigenvalue weighted by Crippen LogP contribution is -2.21. The number of thiophene rings is 1. The monoisotopic (exact) mass is 347 g/mol. The third kappa shape index (κ3) is 3.68. The SMILES string of the molecule is c1ccc(-c2noc(CN[C@H](c3ccccc3)c3cccs3)n2)cc1. The van der Waals surface area contributed by atoms with Gasteiger partial charge in [-0.2, -0.15) is 4.98 Å². The number of nitrogens with zero attached hydrogens (tertiary/aromatic N) is 2. The molecule has 0 bridgehead atoms. The minimum absolute atomic E-state index is 0.105. The maximum atomic E-state index is 5.40. The van der Waals surface area contributed by atoms with Crippen LogP contribution in [0.4, 0.5) is 0 Å². The summed E-state index contributed by atoms with van der Waals surface area (Å²) < 4.78 is 5.40. The molecule has 0 saturated carbocycles. The van der Waals surface area contributed by atoms with E-state index in [1.165, 1.54) is 10.4 Å². The summed E-state index contributed by atoms with van der Waals surface area (Å²) >= 11 is 1.73. The first-order valence-electron chi connectivity index (χ1n) is 8.10. The van der Waals surface area contributed by atoms with E-state index in [0.717, 1.165) is 5.56 Å². The van der Waals surface area contributed by atoms with Gasteiger partial charge in [-0.15, -0.1) is 11.3 Å². The number of benzene rings is 2. The van der Waals surface area contributed by atoms with Gasteiger partial charge in [0.2, 0.25) is 11.7 Å². The maximum Gasteiger partial charge on any atom is 0.240 e. The molecule has 0 fully saturated rings. The van der Waals surface area contributed by atoms with Gasteiger partial charge < -0.3 is 4.52 Å². The lowest BCUT2D eigenvalue weighted by atomic mass is 10.1. The lowest BCUT2D eigenvalue weighted by molar-refractivity contribution is 0.363. The van der Waals surface area contributed by atoms with E-state index < -0.39 is 0 Å². The van der Waals surface area contributed by atoms with E-state index in [2.05, 4.69) is 57.2 Å². The number of aromatic nitrogens is 2. The third-order valence-corrected chi connectivity index (χ3v) is 4.86. The topological polar surface area (TPSA) is 51.0 Å². The zero-order valence-electron chi connectivity index (χ0n) is 13.5. The van der Waals surface area contributed by atoms with Crippen LogP contribution in [0.2, 0.25) is 0 Å². The Hall–Kier alpha value is -2.76. The molecule has 2 aromatic heterocycles. The van der Waals surface area contributed by atoms with E-state index in [0.29, 0.717) is 18.3 Å². The number of hydrogen-bond acceptors (Lipinski definition) is 5. The number of nitrogens with one attached hydrogen (secondary N) is 1. The average Bonchev–Trinajstić information content (AvgIpc) is 3.36. The van der Waals surface area contributed by atoms with Crippen molar-refractivity contribution in [2.45, 2.75) is 12.6 Å². The van der Waals surface area contributed by atoms with E-state index in [4.69, 9.17) is 4.52 Å². The largest absolute Gasteiger partial charge is 0.338 e. The van der Waals surface area contributed by atoms with Crippen LogP contribution in [0.3, 0.4) is 0 Å². The highest BCUT2D eigenvalue weighted by molar-refractivity contribution is 7.10. The van der Waals surface area contributed by atoms with Crippen LogP contribution in [-0.2, 0) is 6.54 Å². The minimum Gasteiger partial charge on any atom is -0.338 e. The van der Waals surface area contributed by atoms with Crippen LogP contribution in [0, 0.1) is 0 Å². The second-order valence-electron chi connectivity index (χ2n) is 5.62. The molecule has 5 heteroatoms. The van der Waals surface area contributed by atoms with E-state index in [9.17, 15) is 0 Å². The fraction of sp³-hybridized carbons (Fsp3) is 0.100. The third-order valence-electron chi connectivity index (χ3n) is 3.92. The predicted octanol–water partition coefficient (Wildman–Crippen LogP) is 4.68. The smallest absolute Gasteiger partial charge is 0.240 e. The minimum atomic E-state index is 0.105. The van der Waals surface area contributed by atoms with Gasteiger partial charge >= 0.3 is 0 Å². The first kappa shape index (κ1) is 15.7. The first-order chi connectivity index (χ1) is 12.4. The molecule has 2 heterocycles. The number of hydrogen-bond donors (Lipinski definition) is 1. The van der Waals surface area contributed by atoms with Gasteiger partial charge in [-0.25, -0.2) is 0 Å². The molecule has 124 valence electrons. The summed E-state index contributed by atoms with van der Waals surface area (Å²) in [5.41, 5.74) is 2.17. The summed E-state index contributed by atoms with van der Waals surface area (Å²) in [6.45, 7) is 0.511.